The molecule has 0 N–H and O–H groups in total. The van der Waals surface area contributed by atoms with Gasteiger partial charge in [-0.1, -0.05) is 261 Å². The predicted octanol–water partition coefficient (Wildman–Crippen LogP) is 24.2. The van der Waals surface area contributed by atoms with Crippen LogP contribution in [0, 0.1) is 5.92 Å². The second-order valence-electron chi connectivity index (χ2n) is 27.9. The Hall–Kier alpha value is -13.1. The molecule has 14 aromatic carbocycles. The van der Waals surface area contributed by atoms with Crippen LogP contribution in [0.3, 0.4) is 0 Å². The van der Waals surface area contributed by atoms with Crippen molar-refractivity contribution in [1.29, 1.82) is 0 Å². The number of benzene rings is 14. The van der Waals surface area contributed by atoms with Gasteiger partial charge in [0.25, 0.3) is 0 Å². The first kappa shape index (κ1) is 58.8. The van der Waals surface area contributed by atoms with Crippen molar-refractivity contribution < 1.29 is 4.74 Å². The van der Waals surface area contributed by atoms with E-state index in [1.807, 2.05) is 0 Å². The SMILES string of the molecule is C1=C[C@H]2Oc3cc(N(c4ccc(-c5ccccc5)cc4)c4ccc(C5c6ccccc6C6=Nc7cccc8cccc(c78)N65)cc4)ccc3C2C=C1c1ccc(-c2ccc(N(C3=CCC(C4c5ccccc5C5=Nc6cccc7cccc(c67)N54)C=C3)c3cccc(-c4ccccc4)c3)cc2)cc1. The minimum Gasteiger partial charge on any atom is -0.485 e. The highest BCUT2D eigenvalue weighted by Gasteiger charge is 2.44. The fourth-order valence-electron chi connectivity index (χ4n) is 17.3. The number of amidine groups is 2. The third-order valence-corrected chi connectivity index (χ3v) is 22.1. The van der Waals surface area contributed by atoms with Crippen molar-refractivity contribution in [2.24, 2.45) is 15.9 Å². The van der Waals surface area contributed by atoms with Crippen LogP contribution >= 0.6 is 0 Å². The third-order valence-electron chi connectivity index (χ3n) is 22.1. The smallest absolute Gasteiger partial charge is 0.142 e. The Morgan fingerprint density at radius 3 is 1.52 bits per heavy atom. The molecule has 4 unspecified atom stereocenters. The van der Waals surface area contributed by atoms with Crippen molar-refractivity contribution in [2.45, 2.75) is 30.5 Å². The largest absolute Gasteiger partial charge is 0.485 e. The fourth-order valence-corrected chi connectivity index (χ4v) is 17.3. The molecule has 0 amide bonds. The lowest BCUT2D eigenvalue weighted by molar-refractivity contribution is 0.269. The number of aliphatic imine (C=N–C) groups is 2. The van der Waals surface area contributed by atoms with Crippen LogP contribution in [0.4, 0.5) is 51.2 Å². The first-order valence-electron chi connectivity index (χ1n) is 35.8. The monoisotopic (exact) mass is 1320 g/mol. The lowest BCUT2D eigenvalue weighted by atomic mass is 9.86. The van der Waals surface area contributed by atoms with Crippen molar-refractivity contribution in [2.75, 3.05) is 19.6 Å². The van der Waals surface area contributed by atoms with Crippen molar-refractivity contribution in [3.63, 3.8) is 0 Å². The van der Waals surface area contributed by atoms with Gasteiger partial charge in [-0.15, -0.1) is 0 Å². The van der Waals surface area contributed by atoms with Gasteiger partial charge in [0, 0.05) is 79.5 Å². The van der Waals surface area contributed by atoms with E-state index in [-0.39, 0.29) is 30.0 Å². The lowest BCUT2D eigenvalue weighted by Gasteiger charge is -2.36. The standard InChI is InChI=1S/C96H66N6O/c1-3-16-61(17-4-1)64-38-47-74(48-39-64)100(76-53-44-70(45-54-76)94-81-27-8-10-29-83(81)96-98-86-31-13-21-68-23-15-33-88(92(68)86)102(94)96)78-55-56-79-84-59-72(46-57-89(84)103-90(79)60-78)66-36-34-63(35-37-66)65-40-49-73(50-41-65)99(77-25-11-24-71(58-77)62-18-5-2-6-19-62)75-51-42-69(43-52-75)93-80-26-7-9-28-82(80)95-97-85-30-12-20-67-22-14-32-87(91(67)85)101(93)95/h1-42,44-60,69,84,89,93-94H,43H2/t69?,84?,89-,93?,94?/m1/s1. The van der Waals surface area contributed by atoms with E-state index >= 15 is 0 Å². The van der Waals surface area contributed by atoms with Crippen LogP contribution in [0.2, 0.25) is 0 Å². The predicted molar refractivity (Wildman–Crippen MR) is 425 cm³/mol. The van der Waals surface area contributed by atoms with E-state index in [9.17, 15) is 0 Å². The van der Waals surface area contributed by atoms with Crippen LogP contribution in [-0.4, -0.2) is 17.8 Å². The van der Waals surface area contributed by atoms with E-state index in [0.717, 1.165) is 80.5 Å². The Morgan fingerprint density at radius 2 is 0.874 bits per heavy atom. The van der Waals surface area contributed by atoms with Crippen molar-refractivity contribution in [3.8, 4) is 39.1 Å². The zero-order valence-electron chi connectivity index (χ0n) is 56.2. The Labute approximate surface area is 598 Å². The summed E-state index contributed by atoms with van der Waals surface area (Å²) in [5.74, 6) is 3.21. The number of allylic oxidation sites excluding steroid dienone is 4. The van der Waals surface area contributed by atoms with Gasteiger partial charge in [0.1, 0.15) is 23.5 Å². The zero-order valence-corrected chi connectivity index (χ0v) is 56.2. The molecule has 0 bridgehead atoms. The minimum atomic E-state index is -0.112. The summed E-state index contributed by atoms with van der Waals surface area (Å²) in [6.45, 7) is 0. The molecule has 7 aliphatic rings. The van der Waals surface area contributed by atoms with Gasteiger partial charge in [-0.05, 0) is 169 Å². The number of nitrogens with zero attached hydrogens (tertiary/aromatic N) is 6. The molecular formula is C96H66N6O. The molecule has 14 aromatic rings. The number of rotatable bonds is 12. The maximum absolute atomic E-state index is 6.93. The summed E-state index contributed by atoms with van der Waals surface area (Å²) >= 11 is 0. The number of fused-ring (bicyclic) bond motifs is 11. The highest BCUT2D eigenvalue weighted by Crippen LogP contribution is 2.54. The third kappa shape index (κ3) is 9.71. The second-order valence-corrected chi connectivity index (χ2v) is 27.9. The molecule has 5 aliphatic heterocycles. The van der Waals surface area contributed by atoms with Gasteiger partial charge < -0.3 is 24.3 Å². The summed E-state index contributed by atoms with van der Waals surface area (Å²) in [4.78, 5) is 20.5. The summed E-state index contributed by atoms with van der Waals surface area (Å²) in [5.41, 5.74) is 27.7. The molecule has 103 heavy (non-hydrogen) atoms. The normalized spacial score (nSPS) is 18.2. The van der Waals surface area contributed by atoms with Crippen molar-refractivity contribution >= 4 is 90.0 Å². The molecule has 21 rings (SSSR count). The van der Waals surface area contributed by atoms with Gasteiger partial charge in [-0.25, -0.2) is 9.98 Å². The summed E-state index contributed by atoms with van der Waals surface area (Å²) < 4.78 is 6.93. The zero-order chi connectivity index (χ0) is 67.6. The van der Waals surface area contributed by atoms with Crippen LogP contribution in [0.15, 0.2) is 374 Å². The first-order chi connectivity index (χ1) is 51.0. The van der Waals surface area contributed by atoms with Crippen LogP contribution in [-0.2, 0) is 0 Å². The van der Waals surface area contributed by atoms with Crippen LogP contribution in [0.25, 0.3) is 60.5 Å². The molecule has 0 aromatic heterocycles. The maximum atomic E-state index is 6.93. The summed E-state index contributed by atoms with van der Waals surface area (Å²) in [6, 6.07) is 117. The minimum absolute atomic E-state index is 0.0497. The van der Waals surface area contributed by atoms with Crippen LogP contribution in [0.1, 0.15) is 63.4 Å². The average molecular weight is 1320 g/mol. The summed E-state index contributed by atoms with van der Waals surface area (Å²) in [7, 11) is 0. The summed E-state index contributed by atoms with van der Waals surface area (Å²) in [5, 5.41) is 4.83. The van der Waals surface area contributed by atoms with E-state index < -0.39 is 0 Å². The molecule has 0 spiro atoms. The molecule has 7 nitrogen and oxygen atoms in total. The fraction of sp³-hybridized carbons (Fsp3) is 0.0625. The molecule has 486 valence electrons. The molecule has 0 saturated carbocycles. The molecule has 5 heterocycles. The van der Waals surface area contributed by atoms with Crippen LogP contribution < -0.4 is 24.3 Å². The van der Waals surface area contributed by atoms with Crippen LogP contribution in [0.5, 0.6) is 5.75 Å². The quantitative estimate of drug-likeness (QED) is 0.122. The molecule has 0 fully saturated rings. The van der Waals surface area contributed by atoms with E-state index in [1.54, 1.807) is 0 Å². The van der Waals surface area contributed by atoms with Crippen molar-refractivity contribution in [1.82, 2.24) is 0 Å². The molecule has 5 atom stereocenters. The van der Waals surface area contributed by atoms with E-state index in [4.69, 9.17) is 14.7 Å². The van der Waals surface area contributed by atoms with E-state index in [2.05, 4.69) is 378 Å². The average Bonchev–Trinajstić information content (AvgIpc) is 1.57. The highest BCUT2D eigenvalue weighted by molar-refractivity contribution is 6.24. The van der Waals surface area contributed by atoms with Gasteiger partial charge in [0.2, 0.25) is 0 Å². The van der Waals surface area contributed by atoms with E-state index in [0.29, 0.717) is 0 Å². The first-order valence-corrected chi connectivity index (χ1v) is 35.8. The van der Waals surface area contributed by atoms with E-state index in [1.165, 1.54) is 99.7 Å². The molecule has 2 aliphatic carbocycles. The number of anilines is 7. The topological polar surface area (TPSA) is 46.9 Å². The van der Waals surface area contributed by atoms with Gasteiger partial charge in [0.15, 0.2) is 0 Å². The van der Waals surface area contributed by atoms with Gasteiger partial charge in [-0.2, -0.15) is 0 Å². The van der Waals surface area contributed by atoms with Gasteiger partial charge >= 0.3 is 0 Å². The highest BCUT2D eigenvalue weighted by atomic mass is 16.5. The van der Waals surface area contributed by atoms with Crippen molar-refractivity contribution in [3.05, 3.63) is 403 Å². The lowest BCUT2D eigenvalue weighted by Crippen LogP contribution is -2.34. The van der Waals surface area contributed by atoms with Gasteiger partial charge in [0.05, 0.1) is 34.8 Å². The Balaban J connectivity index is 0.562. The summed E-state index contributed by atoms with van der Waals surface area (Å²) in [6.07, 6.45) is 14.9. The number of ether oxygens (including phenoxy) is 1. The Bertz CT molecular complexity index is 5960. The molecule has 0 saturated heterocycles. The Morgan fingerprint density at radius 1 is 0.369 bits per heavy atom. The van der Waals surface area contributed by atoms with Gasteiger partial charge in [-0.3, -0.25) is 0 Å². The second kappa shape index (κ2) is 23.8. The Kier molecular flexibility index (Phi) is 13.6. The maximum Gasteiger partial charge on any atom is 0.142 e. The molecule has 0 radical (unpaired) electrons. The molecular weight excluding hydrogens is 1250 g/mol. The molecule has 7 heteroatoms. The number of hydrogen-bond donors (Lipinski definition) is 0. The number of hydrogen-bond acceptors (Lipinski definition) is 7.